The number of aliphatic imine (C=N–C) groups is 1. The molecule has 0 heterocycles. The Kier molecular flexibility index (Phi) is 6.65. The average molecular weight is 256 g/mol. The predicted octanol–water partition coefficient (Wildman–Crippen LogP) is 4.54. The average Bonchev–Trinajstić information content (AvgIpc) is 2.44. The van der Waals surface area contributed by atoms with E-state index < -0.39 is 0 Å². The van der Waals surface area contributed by atoms with Crippen LogP contribution in [0.1, 0.15) is 45.2 Å². The molecule has 2 nitrogen and oxygen atoms in total. The summed E-state index contributed by atoms with van der Waals surface area (Å²) in [7, 11) is 0. The zero-order valence-corrected chi connectivity index (χ0v) is 12.4. The van der Waals surface area contributed by atoms with Crippen molar-refractivity contribution in [3.8, 4) is 0 Å². The van der Waals surface area contributed by atoms with Crippen LogP contribution in [0.5, 0.6) is 0 Å². The third-order valence-corrected chi connectivity index (χ3v) is 3.03. The van der Waals surface area contributed by atoms with E-state index in [1.807, 2.05) is 26.3 Å². The second-order valence-electron chi connectivity index (χ2n) is 4.49. The standard InChI is InChI=1S/C17H24N2/c1-5-7-12-18-13-16-8-10-17(11-9-16)14(3)15(4)19-6-2/h6-12,18H,5,13H2,1-4H3/b12-7?,15-14+,19-6?. The molecule has 1 rings (SSSR count). The third-order valence-electron chi connectivity index (χ3n) is 3.03. The Morgan fingerprint density at radius 3 is 2.47 bits per heavy atom. The Hall–Kier alpha value is -1.83. The zero-order chi connectivity index (χ0) is 14.1. The molecule has 2 heteroatoms. The summed E-state index contributed by atoms with van der Waals surface area (Å²) in [5.41, 5.74) is 4.81. The number of nitrogens with one attached hydrogen (secondary N) is 1. The van der Waals surface area contributed by atoms with E-state index in [2.05, 4.69) is 54.5 Å². The lowest BCUT2D eigenvalue weighted by Gasteiger charge is -2.06. The lowest BCUT2D eigenvalue weighted by Crippen LogP contribution is -2.04. The van der Waals surface area contributed by atoms with Crippen molar-refractivity contribution in [3.05, 3.63) is 53.4 Å². The molecule has 0 unspecified atom stereocenters. The lowest BCUT2D eigenvalue weighted by molar-refractivity contribution is 0.864. The Balaban J connectivity index is 2.71. The highest BCUT2D eigenvalue weighted by atomic mass is 14.8. The van der Waals surface area contributed by atoms with Gasteiger partial charge in [-0.05, 0) is 50.1 Å². The Labute approximate surface area is 117 Å². The van der Waals surface area contributed by atoms with Crippen molar-refractivity contribution in [1.29, 1.82) is 0 Å². The highest BCUT2D eigenvalue weighted by Gasteiger charge is 1.99. The summed E-state index contributed by atoms with van der Waals surface area (Å²) in [6.07, 6.45) is 7.02. The molecule has 0 bridgehead atoms. The number of hydrogen-bond donors (Lipinski definition) is 1. The van der Waals surface area contributed by atoms with Gasteiger partial charge in [-0.3, -0.25) is 4.99 Å². The third kappa shape index (κ3) is 5.12. The van der Waals surface area contributed by atoms with E-state index in [9.17, 15) is 0 Å². The first kappa shape index (κ1) is 15.2. The summed E-state index contributed by atoms with van der Waals surface area (Å²) in [6, 6.07) is 8.64. The number of allylic oxidation sites excluding steroid dienone is 3. The molecule has 19 heavy (non-hydrogen) atoms. The summed E-state index contributed by atoms with van der Waals surface area (Å²) in [5.74, 6) is 0. The summed E-state index contributed by atoms with van der Waals surface area (Å²) in [4.78, 5) is 4.33. The second-order valence-corrected chi connectivity index (χ2v) is 4.49. The normalized spacial score (nSPS) is 13.1. The predicted molar refractivity (Wildman–Crippen MR) is 85.1 cm³/mol. The van der Waals surface area contributed by atoms with Gasteiger partial charge in [0.1, 0.15) is 0 Å². The first-order valence-corrected chi connectivity index (χ1v) is 6.82. The molecule has 0 aliphatic carbocycles. The highest BCUT2D eigenvalue weighted by Crippen LogP contribution is 2.19. The molecular weight excluding hydrogens is 232 g/mol. The summed E-state index contributed by atoms with van der Waals surface area (Å²) < 4.78 is 0. The van der Waals surface area contributed by atoms with Crippen LogP contribution in [0.4, 0.5) is 0 Å². The van der Waals surface area contributed by atoms with Gasteiger partial charge in [0.05, 0.1) is 0 Å². The molecule has 1 aromatic carbocycles. The summed E-state index contributed by atoms with van der Waals surface area (Å²) in [6.45, 7) is 9.09. The minimum absolute atomic E-state index is 0.867. The van der Waals surface area contributed by atoms with Gasteiger partial charge in [0.25, 0.3) is 0 Å². The zero-order valence-electron chi connectivity index (χ0n) is 12.4. The van der Waals surface area contributed by atoms with E-state index in [0.29, 0.717) is 0 Å². The van der Waals surface area contributed by atoms with Gasteiger partial charge in [-0.1, -0.05) is 37.3 Å². The summed E-state index contributed by atoms with van der Waals surface area (Å²) >= 11 is 0. The Bertz CT molecular complexity index is 465. The van der Waals surface area contributed by atoms with Crippen molar-refractivity contribution in [2.24, 2.45) is 4.99 Å². The number of nitrogens with zero attached hydrogens (tertiary/aromatic N) is 1. The molecule has 0 aliphatic heterocycles. The molecule has 0 spiro atoms. The molecular formula is C17H24N2. The van der Waals surface area contributed by atoms with Crippen molar-refractivity contribution < 1.29 is 0 Å². The topological polar surface area (TPSA) is 24.4 Å². The first-order chi connectivity index (χ1) is 9.19. The van der Waals surface area contributed by atoms with Crippen molar-refractivity contribution >= 4 is 11.8 Å². The maximum Gasteiger partial charge on any atom is 0.0403 e. The molecule has 0 amide bonds. The van der Waals surface area contributed by atoms with Gasteiger partial charge in [-0.15, -0.1) is 0 Å². The molecule has 0 fully saturated rings. The van der Waals surface area contributed by atoms with Crippen molar-refractivity contribution in [2.75, 3.05) is 0 Å². The fourth-order valence-electron chi connectivity index (χ4n) is 1.75. The van der Waals surface area contributed by atoms with E-state index in [1.165, 1.54) is 16.7 Å². The molecule has 0 saturated heterocycles. The van der Waals surface area contributed by atoms with Crippen LogP contribution in [0.3, 0.4) is 0 Å². The van der Waals surface area contributed by atoms with E-state index in [4.69, 9.17) is 0 Å². The van der Waals surface area contributed by atoms with Crippen LogP contribution in [0.25, 0.3) is 5.57 Å². The molecule has 0 aromatic heterocycles. The quantitative estimate of drug-likeness (QED) is 0.742. The number of rotatable bonds is 6. The van der Waals surface area contributed by atoms with E-state index >= 15 is 0 Å². The van der Waals surface area contributed by atoms with Gasteiger partial charge >= 0.3 is 0 Å². The van der Waals surface area contributed by atoms with Crippen LogP contribution in [-0.2, 0) is 6.54 Å². The maximum absolute atomic E-state index is 4.33. The smallest absolute Gasteiger partial charge is 0.0403 e. The molecule has 1 aromatic rings. The number of benzene rings is 1. The van der Waals surface area contributed by atoms with Gasteiger partial charge in [-0.2, -0.15) is 0 Å². The van der Waals surface area contributed by atoms with Crippen molar-refractivity contribution in [3.63, 3.8) is 0 Å². The van der Waals surface area contributed by atoms with Crippen molar-refractivity contribution in [1.82, 2.24) is 5.32 Å². The minimum atomic E-state index is 0.867. The van der Waals surface area contributed by atoms with E-state index in [0.717, 1.165) is 18.7 Å². The molecule has 0 radical (unpaired) electrons. The Morgan fingerprint density at radius 1 is 1.21 bits per heavy atom. The van der Waals surface area contributed by atoms with Crippen LogP contribution >= 0.6 is 0 Å². The molecule has 1 N–H and O–H groups in total. The lowest BCUT2D eigenvalue weighted by atomic mass is 10.0. The number of hydrogen-bond acceptors (Lipinski definition) is 2. The maximum atomic E-state index is 4.33. The van der Waals surface area contributed by atoms with Crippen LogP contribution in [0.2, 0.25) is 0 Å². The first-order valence-electron chi connectivity index (χ1n) is 6.82. The SMILES string of the molecule is CC=N/C(C)=C(\C)c1ccc(CNC=CCC)cc1. The van der Waals surface area contributed by atoms with Crippen LogP contribution in [0.15, 0.2) is 47.2 Å². The highest BCUT2D eigenvalue weighted by molar-refractivity contribution is 5.69. The fourth-order valence-corrected chi connectivity index (χ4v) is 1.75. The van der Waals surface area contributed by atoms with Gasteiger partial charge in [0, 0.05) is 18.5 Å². The van der Waals surface area contributed by atoms with Gasteiger partial charge < -0.3 is 5.32 Å². The van der Waals surface area contributed by atoms with Crippen LogP contribution in [0, 0.1) is 0 Å². The van der Waals surface area contributed by atoms with E-state index in [-0.39, 0.29) is 0 Å². The van der Waals surface area contributed by atoms with Crippen molar-refractivity contribution in [2.45, 2.75) is 40.7 Å². The molecule has 102 valence electrons. The van der Waals surface area contributed by atoms with Gasteiger partial charge in [0.2, 0.25) is 0 Å². The minimum Gasteiger partial charge on any atom is -0.387 e. The van der Waals surface area contributed by atoms with Gasteiger partial charge in [-0.25, -0.2) is 0 Å². The second kappa shape index (κ2) is 8.30. The van der Waals surface area contributed by atoms with Crippen LogP contribution < -0.4 is 5.32 Å². The summed E-state index contributed by atoms with van der Waals surface area (Å²) in [5, 5.41) is 3.28. The molecule has 0 atom stereocenters. The largest absolute Gasteiger partial charge is 0.387 e. The molecule has 0 aliphatic rings. The molecule has 0 saturated carbocycles. The fraction of sp³-hybridized carbons (Fsp3) is 0.353. The van der Waals surface area contributed by atoms with E-state index in [1.54, 1.807) is 0 Å². The Morgan fingerprint density at radius 2 is 1.89 bits per heavy atom. The monoisotopic (exact) mass is 256 g/mol. The van der Waals surface area contributed by atoms with Gasteiger partial charge in [0.15, 0.2) is 0 Å². The van der Waals surface area contributed by atoms with Crippen LogP contribution in [-0.4, -0.2) is 6.21 Å².